The van der Waals surface area contributed by atoms with Crippen molar-refractivity contribution in [3.63, 3.8) is 0 Å². The van der Waals surface area contributed by atoms with Gasteiger partial charge in [0.05, 0.1) is 13.1 Å². The summed E-state index contributed by atoms with van der Waals surface area (Å²) in [4.78, 5) is 24.6. The first-order valence-electron chi connectivity index (χ1n) is 6.42. The van der Waals surface area contributed by atoms with Crippen LogP contribution in [0.5, 0.6) is 0 Å². The molecule has 1 heterocycles. The summed E-state index contributed by atoms with van der Waals surface area (Å²) in [7, 11) is 0. The van der Waals surface area contributed by atoms with Crippen molar-refractivity contribution in [2.45, 2.75) is 32.6 Å². The van der Waals surface area contributed by atoms with Crippen LogP contribution in [0.25, 0.3) is 0 Å². The molecule has 2 amide bonds. The number of nitrogens with two attached hydrogens (primary N) is 1. The minimum absolute atomic E-state index is 0. The molecule has 0 saturated carbocycles. The van der Waals surface area contributed by atoms with Crippen LogP contribution in [0.15, 0.2) is 0 Å². The number of rotatable bonds is 4. The topological polar surface area (TPSA) is 75.4 Å². The van der Waals surface area contributed by atoms with Gasteiger partial charge >= 0.3 is 0 Å². The zero-order chi connectivity index (χ0) is 12.7. The summed E-state index contributed by atoms with van der Waals surface area (Å²) >= 11 is 0. The van der Waals surface area contributed by atoms with Crippen molar-refractivity contribution in [1.29, 1.82) is 0 Å². The van der Waals surface area contributed by atoms with E-state index in [2.05, 4.69) is 12.2 Å². The van der Waals surface area contributed by atoms with Gasteiger partial charge < -0.3 is 16.0 Å². The molecule has 1 rings (SSSR count). The standard InChI is InChI=1S/C12H23N3O2.ClH/c1-2-10-4-3-6-15(7-5-10)12(17)9-14-11(16)8-13;/h10H,2-9,13H2,1H3,(H,14,16);1H. The van der Waals surface area contributed by atoms with Gasteiger partial charge in [0.15, 0.2) is 0 Å². The summed E-state index contributed by atoms with van der Waals surface area (Å²) < 4.78 is 0. The fourth-order valence-electron chi connectivity index (χ4n) is 2.18. The van der Waals surface area contributed by atoms with Crippen molar-refractivity contribution in [3.05, 3.63) is 0 Å². The first-order chi connectivity index (χ1) is 8.17. The largest absolute Gasteiger partial charge is 0.346 e. The van der Waals surface area contributed by atoms with E-state index in [0.29, 0.717) is 0 Å². The van der Waals surface area contributed by atoms with Gasteiger partial charge in [-0.3, -0.25) is 9.59 Å². The highest BCUT2D eigenvalue weighted by Crippen LogP contribution is 2.19. The minimum Gasteiger partial charge on any atom is -0.346 e. The Morgan fingerprint density at radius 1 is 1.33 bits per heavy atom. The van der Waals surface area contributed by atoms with Gasteiger partial charge in [-0.25, -0.2) is 0 Å². The second-order valence-corrected chi connectivity index (χ2v) is 4.57. The molecule has 1 atom stereocenters. The molecule has 6 heteroatoms. The summed E-state index contributed by atoms with van der Waals surface area (Å²) in [5.41, 5.74) is 5.16. The lowest BCUT2D eigenvalue weighted by Gasteiger charge is -2.20. The number of hydrogen-bond donors (Lipinski definition) is 2. The van der Waals surface area contributed by atoms with Gasteiger partial charge in [0.1, 0.15) is 0 Å². The monoisotopic (exact) mass is 277 g/mol. The lowest BCUT2D eigenvalue weighted by Crippen LogP contribution is -2.42. The number of carbonyl (C=O) groups excluding carboxylic acids is 2. The van der Waals surface area contributed by atoms with Crippen LogP contribution < -0.4 is 11.1 Å². The number of halogens is 1. The Balaban J connectivity index is 0.00000289. The zero-order valence-corrected chi connectivity index (χ0v) is 11.8. The van der Waals surface area contributed by atoms with Crippen LogP contribution in [-0.4, -0.2) is 42.9 Å². The number of nitrogens with zero attached hydrogens (tertiary/aromatic N) is 1. The third-order valence-corrected chi connectivity index (χ3v) is 3.40. The molecule has 0 aromatic carbocycles. The molecule has 18 heavy (non-hydrogen) atoms. The molecule has 1 aliphatic rings. The third-order valence-electron chi connectivity index (χ3n) is 3.40. The van der Waals surface area contributed by atoms with E-state index in [4.69, 9.17) is 5.73 Å². The van der Waals surface area contributed by atoms with E-state index in [0.717, 1.165) is 31.8 Å². The predicted octanol–water partition coefficient (Wildman–Crippen LogP) is 0.522. The van der Waals surface area contributed by atoms with Crippen molar-refractivity contribution in [2.75, 3.05) is 26.2 Å². The second-order valence-electron chi connectivity index (χ2n) is 4.57. The van der Waals surface area contributed by atoms with E-state index in [-0.39, 0.29) is 37.3 Å². The van der Waals surface area contributed by atoms with Crippen LogP contribution in [0.4, 0.5) is 0 Å². The number of amides is 2. The predicted molar refractivity (Wildman–Crippen MR) is 73.5 cm³/mol. The van der Waals surface area contributed by atoms with Gasteiger partial charge in [-0.15, -0.1) is 12.4 Å². The van der Waals surface area contributed by atoms with Gasteiger partial charge in [-0.2, -0.15) is 0 Å². The van der Waals surface area contributed by atoms with Crippen molar-refractivity contribution >= 4 is 24.2 Å². The van der Waals surface area contributed by atoms with E-state index >= 15 is 0 Å². The van der Waals surface area contributed by atoms with Crippen LogP contribution in [0.2, 0.25) is 0 Å². The lowest BCUT2D eigenvalue weighted by atomic mass is 9.98. The summed E-state index contributed by atoms with van der Waals surface area (Å²) in [6, 6.07) is 0. The minimum atomic E-state index is -0.278. The van der Waals surface area contributed by atoms with E-state index in [1.807, 2.05) is 4.90 Å². The molecular weight excluding hydrogens is 254 g/mol. The summed E-state index contributed by atoms with van der Waals surface area (Å²) in [5.74, 6) is 0.467. The van der Waals surface area contributed by atoms with E-state index in [9.17, 15) is 9.59 Å². The van der Waals surface area contributed by atoms with Crippen molar-refractivity contribution in [3.8, 4) is 0 Å². The Morgan fingerprint density at radius 2 is 2.06 bits per heavy atom. The van der Waals surface area contributed by atoms with Gasteiger partial charge in [-0.05, 0) is 25.2 Å². The van der Waals surface area contributed by atoms with Crippen molar-refractivity contribution in [2.24, 2.45) is 11.7 Å². The summed E-state index contributed by atoms with van der Waals surface area (Å²) in [5, 5.41) is 2.52. The van der Waals surface area contributed by atoms with E-state index in [1.54, 1.807) is 0 Å². The maximum atomic E-state index is 11.8. The first-order valence-corrected chi connectivity index (χ1v) is 6.42. The molecule has 0 aromatic rings. The quantitative estimate of drug-likeness (QED) is 0.787. The SMILES string of the molecule is CCC1CCCN(C(=O)CNC(=O)CN)CC1.Cl. The highest BCUT2D eigenvalue weighted by atomic mass is 35.5. The Labute approximate surface area is 115 Å². The average Bonchev–Trinajstić information content (AvgIpc) is 2.60. The molecule has 1 fully saturated rings. The van der Waals surface area contributed by atoms with Crippen LogP contribution in [0.1, 0.15) is 32.6 Å². The number of hydrogen-bond acceptors (Lipinski definition) is 3. The number of carbonyl (C=O) groups is 2. The number of likely N-dealkylation sites (tertiary alicyclic amines) is 1. The highest BCUT2D eigenvalue weighted by Gasteiger charge is 2.19. The average molecular weight is 278 g/mol. The van der Waals surface area contributed by atoms with Gasteiger partial charge in [0.2, 0.25) is 11.8 Å². The lowest BCUT2D eigenvalue weighted by molar-refractivity contribution is -0.132. The molecule has 1 aliphatic heterocycles. The van der Waals surface area contributed by atoms with Crippen LogP contribution >= 0.6 is 12.4 Å². The normalized spacial score (nSPS) is 19.7. The Kier molecular flexibility index (Phi) is 8.75. The number of nitrogens with one attached hydrogen (secondary N) is 1. The van der Waals surface area contributed by atoms with Crippen LogP contribution in [0, 0.1) is 5.92 Å². The van der Waals surface area contributed by atoms with Crippen LogP contribution in [0.3, 0.4) is 0 Å². The molecule has 1 unspecified atom stereocenters. The summed E-state index contributed by atoms with van der Waals surface area (Å²) in [6.07, 6.45) is 4.53. The zero-order valence-electron chi connectivity index (χ0n) is 11.0. The maximum absolute atomic E-state index is 11.8. The van der Waals surface area contributed by atoms with Crippen molar-refractivity contribution < 1.29 is 9.59 Å². The smallest absolute Gasteiger partial charge is 0.241 e. The highest BCUT2D eigenvalue weighted by molar-refractivity contribution is 5.85. The molecule has 0 bridgehead atoms. The van der Waals surface area contributed by atoms with Gasteiger partial charge in [0.25, 0.3) is 0 Å². The fourth-order valence-corrected chi connectivity index (χ4v) is 2.18. The fraction of sp³-hybridized carbons (Fsp3) is 0.833. The molecule has 5 nitrogen and oxygen atoms in total. The molecular formula is C12H24ClN3O2. The molecule has 0 aromatic heterocycles. The molecule has 3 N–H and O–H groups in total. The molecule has 0 aliphatic carbocycles. The molecule has 1 saturated heterocycles. The van der Waals surface area contributed by atoms with Crippen LogP contribution in [-0.2, 0) is 9.59 Å². The molecule has 106 valence electrons. The maximum Gasteiger partial charge on any atom is 0.241 e. The summed E-state index contributed by atoms with van der Waals surface area (Å²) in [6.45, 7) is 3.84. The van der Waals surface area contributed by atoms with E-state index < -0.39 is 0 Å². The van der Waals surface area contributed by atoms with Gasteiger partial charge in [0, 0.05) is 13.1 Å². The van der Waals surface area contributed by atoms with E-state index in [1.165, 1.54) is 12.8 Å². The molecule has 0 spiro atoms. The van der Waals surface area contributed by atoms with Crippen molar-refractivity contribution in [1.82, 2.24) is 10.2 Å². The molecule has 0 radical (unpaired) electrons. The van der Waals surface area contributed by atoms with Gasteiger partial charge in [-0.1, -0.05) is 13.3 Å². The second kappa shape index (κ2) is 9.16. The third kappa shape index (κ3) is 5.69. The Bertz CT molecular complexity index is 274. The Morgan fingerprint density at radius 3 is 2.67 bits per heavy atom. The Hall–Kier alpha value is -0.810. The first kappa shape index (κ1) is 17.2.